The van der Waals surface area contributed by atoms with Crippen molar-refractivity contribution in [3.05, 3.63) is 30.0 Å². The Morgan fingerprint density at radius 2 is 1.87 bits per heavy atom. The van der Waals surface area contributed by atoms with Crippen molar-refractivity contribution in [3.8, 4) is 0 Å². The summed E-state index contributed by atoms with van der Waals surface area (Å²) in [5.41, 5.74) is 2.55. The smallest absolute Gasteiger partial charge is 0.0756 e. The molecule has 2 aromatic rings. The Morgan fingerprint density at radius 1 is 1.20 bits per heavy atom. The van der Waals surface area contributed by atoms with E-state index < -0.39 is 0 Å². The molecule has 0 amide bonds. The van der Waals surface area contributed by atoms with Crippen LogP contribution in [-0.2, 0) is 12.0 Å². The second-order valence-electron chi connectivity index (χ2n) is 4.93. The highest BCUT2D eigenvalue weighted by molar-refractivity contribution is 5.82. The van der Waals surface area contributed by atoms with E-state index in [1.807, 2.05) is 0 Å². The van der Waals surface area contributed by atoms with Crippen LogP contribution in [0, 0.1) is 0 Å². The highest BCUT2D eigenvalue weighted by Crippen LogP contribution is 2.28. The fraction of sp³-hybridized carbons (Fsp3) is 0.462. The maximum absolute atomic E-state index is 4.70. The van der Waals surface area contributed by atoms with Crippen LogP contribution in [0.2, 0.25) is 0 Å². The quantitative estimate of drug-likeness (QED) is 0.693. The molecule has 0 aliphatic rings. The van der Waals surface area contributed by atoms with Gasteiger partial charge in [-0.1, -0.05) is 39.0 Å². The molecule has 0 spiro atoms. The topological polar surface area (TPSA) is 17.8 Å². The Labute approximate surface area is 90.9 Å². The van der Waals surface area contributed by atoms with Gasteiger partial charge in [-0.2, -0.15) is 5.10 Å². The molecule has 2 heteroatoms. The van der Waals surface area contributed by atoms with E-state index in [0.717, 1.165) is 6.54 Å². The largest absolute Gasteiger partial charge is 0.265 e. The molecule has 0 saturated heterocycles. The average molecular weight is 202 g/mol. The zero-order valence-corrected chi connectivity index (χ0v) is 9.91. The molecule has 0 radical (unpaired) electrons. The van der Waals surface area contributed by atoms with E-state index in [4.69, 9.17) is 5.10 Å². The van der Waals surface area contributed by atoms with Gasteiger partial charge in [-0.3, -0.25) is 4.68 Å². The van der Waals surface area contributed by atoms with Crippen molar-refractivity contribution >= 4 is 10.9 Å². The Kier molecular flexibility index (Phi) is 2.29. The molecule has 0 saturated carbocycles. The molecule has 80 valence electrons. The normalized spacial score (nSPS) is 12.3. The van der Waals surface area contributed by atoms with Crippen LogP contribution in [0.1, 0.15) is 33.4 Å². The summed E-state index contributed by atoms with van der Waals surface area (Å²) in [5.74, 6) is 0. The molecule has 0 aliphatic heterocycles. The highest BCUT2D eigenvalue weighted by atomic mass is 15.3. The molecular weight excluding hydrogens is 184 g/mol. The summed E-state index contributed by atoms with van der Waals surface area (Å²) in [4.78, 5) is 0. The van der Waals surface area contributed by atoms with Crippen molar-refractivity contribution in [3.63, 3.8) is 0 Å². The second kappa shape index (κ2) is 3.37. The number of para-hydroxylation sites is 1. The van der Waals surface area contributed by atoms with E-state index in [1.165, 1.54) is 16.6 Å². The first-order chi connectivity index (χ1) is 7.04. The van der Waals surface area contributed by atoms with Crippen molar-refractivity contribution in [1.82, 2.24) is 9.78 Å². The van der Waals surface area contributed by atoms with Gasteiger partial charge in [-0.25, -0.2) is 0 Å². The van der Waals surface area contributed by atoms with Gasteiger partial charge in [0.1, 0.15) is 0 Å². The summed E-state index contributed by atoms with van der Waals surface area (Å²) >= 11 is 0. The molecule has 1 aromatic heterocycles. The summed E-state index contributed by atoms with van der Waals surface area (Å²) in [6.07, 6.45) is 0. The van der Waals surface area contributed by atoms with Crippen LogP contribution >= 0.6 is 0 Å². The fourth-order valence-electron chi connectivity index (χ4n) is 1.92. The van der Waals surface area contributed by atoms with Crippen LogP contribution in [-0.4, -0.2) is 9.78 Å². The maximum Gasteiger partial charge on any atom is 0.0756 e. The molecule has 0 atom stereocenters. The minimum atomic E-state index is 0.111. The summed E-state index contributed by atoms with van der Waals surface area (Å²) in [6, 6.07) is 8.46. The van der Waals surface area contributed by atoms with Crippen molar-refractivity contribution in [2.45, 2.75) is 39.7 Å². The number of hydrogen-bond acceptors (Lipinski definition) is 1. The number of fused-ring (bicyclic) bond motifs is 1. The first kappa shape index (κ1) is 10.2. The van der Waals surface area contributed by atoms with E-state index in [9.17, 15) is 0 Å². The molecule has 15 heavy (non-hydrogen) atoms. The van der Waals surface area contributed by atoms with Gasteiger partial charge in [-0.15, -0.1) is 0 Å². The van der Waals surface area contributed by atoms with Gasteiger partial charge in [-0.05, 0) is 13.0 Å². The molecule has 0 unspecified atom stereocenters. The molecule has 1 aromatic carbocycles. The van der Waals surface area contributed by atoms with Crippen LogP contribution in [0.15, 0.2) is 24.3 Å². The number of aryl methyl sites for hydroxylation is 1. The highest BCUT2D eigenvalue weighted by Gasteiger charge is 2.21. The van der Waals surface area contributed by atoms with E-state index >= 15 is 0 Å². The van der Waals surface area contributed by atoms with Crippen molar-refractivity contribution in [2.24, 2.45) is 0 Å². The fourth-order valence-corrected chi connectivity index (χ4v) is 1.92. The lowest BCUT2D eigenvalue weighted by Gasteiger charge is -2.15. The Balaban J connectivity index is 2.76. The zero-order chi connectivity index (χ0) is 11.1. The van der Waals surface area contributed by atoms with Crippen LogP contribution in [0.4, 0.5) is 0 Å². The lowest BCUT2D eigenvalue weighted by molar-refractivity contribution is 0.547. The van der Waals surface area contributed by atoms with Gasteiger partial charge >= 0.3 is 0 Å². The number of aromatic nitrogens is 2. The number of hydrogen-bond donors (Lipinski definition) is 0. The number of nitrogens with zero attached hydrogens (tertiary/aromatic N) is 2. The van der Waals surface area contributed by atoms with Gasteiger partial charge in [0.05, 0.1) is 11.2 Å². The average Bonchev–Trinajstić information content (AvgIpc) is 2.55. The minimum Gasteiger partial charge on any atom is -0.265 e. The van der Waals surface area contributed by atoms with Crippen LogP contribution in [0.5, 0.6) is 0 Å². The molecule has 0 fully saturated rings. The zero-order valence-electron chi connectivity index (χ0n) is 9.91. The van der Waals surface area contributed by atoms with Crippen LogP contribution in [0.25, 0.3) is 10.9 Å². The van der Waals surface area contributed by atoms with Gasteiger partial charge in [0.25, 0.3) is 0 Å². The van der Waals surface area contributed by atoms with E-state index in [2.05, 4.69) is 56.6 Å². The first-order valence-electron chi connectivity index (χ1n) is 5.50. The summed E-state index contributed by atoms with van der Waals surface area (Å²) in [5, 5.41) is 5.98. The standard InChI is InChI=1S/C13H18N2/c1-5-15-11-9-7-6-8-10(11)12(14-15)13(2,3)4/h6-9H,5H2,1-4H3. The molecule has 1 heterocycles. The second-order valence-corrected chi connectivity index (χ2v) is 4.93. The molecular formula is C13H18N2. The predicted octanol–water partition coefficient (Wildman–Crippen LogP) is 3.35. The minimum absolute atomic E-state index is 0.111. The number of benzene rings is 1. The molecule has 0 bridgehead atoms. The number of rotatable bonds is 1. The van der Waals surface area contributed by atoms with E-state index in [-0.39, 0.29) is 5.41 Å². The van der Waals surface area contributed by atoms with Gasteiger partial charge in [0.2, 0.25) is 0 Å². The SMILES string of the molecule is CCn1nc(C(C)(C)C)c2ccccc21. The maximum atomic E-state index is 4.70. The molecule has 0 aliphatic carbocycles. The monoisotopic (exact) mass is 202 g/mol. The third-order valence-corrected chi connectivity index (χ3v) is 2.67. The summed E-state index contributed by atoms with van der Waals surface area (Å²) < 4.78 is 2.08. The summed E-state index contributed by atoms with van der Waals surface area (Å²) in [7, 11) is 0. The Bertz CT molecular complexity index is 475. The first-order valence-corrected chi connectivity index (χ1v) is 5.50. The third-order valence-electron chi connectivity index (χ3n) is 2.67. The van der Waals surface area contributed by atoms with Crippen LogP contribution in [0.3, 0.4) is 0 Å². The lowest BCUT2D eigenvalue weighted by atomic mass is 9.90. The van der Waals surface area contributed by atoms with Gasteiger partial charge < -0.3 is 0 Å². The predicted molar refractivity (Wildman–Crippen MR) is 64.1 cm³/mol. The van der Waals surface area contributed by atoms with Gasteiger partial charge in [0.15, 0.2) is 0 Å². The molecule has 2 rings (SSSR count). The van der Waals surface area contributed by atoms with Crippen molar-refractivity contribution in [1.29, 1.82) is 0 Å². The van der Waals surface area contributed by atoms with Crippen LogP contribution < -0.4 is 0 Å². The third kappa shape index (κ3) is 1.65. The van der Waals surface area contributed by atoms with Crippen molar-refractivity contribution < 1.29 is 0 Å². The Morgan fingerprint density at radius 3 is 2.47 bits per heavy atom. The van der Waals surface area contributed by atoms with Gasteiger partial charge in [0, 0.05) is 17.3 Å². The lowest BCUT2D eigenvalue weighted by Crippen LogP contribution is -2.13. The Hall–Kier alpha value is -1.31. The molecule has 0 N–H and O–H groups in total. The van der Waals surface area contributed by atoms with E-state index in [0.29, 0.717) is 0 Å². The van der Waals surface area contributed by atoms with Crippen molar-refractivity contribution in [2.75, 3.05) is 0 Å². The molecule has 2 nitrogen and oxygen atoms in total. The summed E-state index contributed by atoms with van der Waals surface area (Å²) in [6.45, 7) is 9.69. The van der Waals surface area contributed by atoms with E-state index in [1.54, 1.807) is 0 Å².